The van der Waals surface area contributed by atoms with Crippen LogP contribution in [0, 0.1) is 0 Å². The fourth-order valence-electron chi connectivity index (χ4n) is 3.87. The lowest BCUT2D eigenvalue weighted by Crippen LogP contribution is -2.36. The van der Waals surface area contributed by atoms with Gasteiger partial charge >= 0.3 is 11.9 Å². The second-order valence-electron chi connectivity index (χ2n) is 8.30. The van der Waals surface area contributed by atoms with Gasteiger partial charge in [-0.2, -0.15) is 0 Å². The van der Waals surface area contributed by atoms with Crippen molar-refractivity contribution in [3.8, 4) is 0 Å². The molecule has 2 aromatic rings. The number of hydrogen-bond acceptors (Lipinski definition) is 6. The number of esters is 2. The molecule has 2 aliphatic heterocycles. The van der Waals surface area contributed by atoms with Crippen molar-refractivity contribution >= 4 is 43.8 Å². The van der Waals surface area contributed by atoms with Gasteiger partial charge in [0.2, 0.25) is 0 Å². The van der Waals surface area contributed by atoms with Crippen molar-refractivity contribution in [2.75, 3.05) is 13.2 Å². The van der Waals surface area contributed by atoms with E-state index in [9.17, 15) is 9.59 Å². The molecule has 2 aliphatic rings. The van der Waals surface area contributed by atoms with Crippen LogP contribution in [-0.4, -0.2) is 49.6 Å². The zero-order chi connectivity index (χ0) is 24.6. The monoisotopic (exact) mass is 604 g/mol. The van der Waals surface area contributed by atoms with E-state index in [1.807, 2.05) is 12.2 Å². The zero-order valence-electron chi connectivity index (χ0n) is 19.0. The molecular weight excluding hydrogens is 580 g/mol. The van der Waals surface area contributed by atoms with Gasteiger partial charge in [-0.3, -0.25) is 0 Å². The molecule has 4 rings (SSSR count). The van der Waals surface area contributed by atoms with Crippen molar-refractivity contribution in [3.63, 3.8) is 0 Å². The molecular formula is C27H26Br2O6. The Balaban J connectivity index is 1.44. The van der Waals surface area contributed by atoms with E-state index in [-0.39, 0.29) is 24.9 Å². The first-order chi connectivity index (χ1) is 17.0. The van der Waals surface area contributed by atoms with Crippen LogP contribution >= 0.6 is 31.9 Å². The van der Waals surface area contributed by atoms with Crippen molar-refractivity contribution in [1.82, 2.24) is 0 Å². The largest absolute Gasteiger partial charge is 0.458 e. The number of carbonyl (C=O) groups excluding carboxylic acids is 2. The molecule has 0 spiro atoms. The molecule has 0 N–H and O–H groups in total. The maximum atomic E-state index is 12.7. The van der Waals surface area contributed by atoms with Crippen molar-refractivity contribution in [2.45, 2.75) is 43.7 Å². The van der Waals surface area contributed by atoms with E-state index < -0.39 is 18.0 Å². The Labute approximate surface area is 221 Å². The van der Waals surface area contributed by atoms with Crippen molar-refractivity contribution in [2.24, 2.45) is 0 Å². The number of hydrogen-bond donors (Lipinski definition) is 0. The highest BCUT2D eigenvalue weighted by Crippen LogP contribution is 2.25. The molecule has 6 nitrogen and oxygen atoms in total. The number of fused-ring (bicyclic) bond motifs is 1. The van der Waals surface area contributed by atoms with Gasteiger partial charge < -0.3 is 18.9 Å². The lowest BCUT2D eigenvalue weighted by molar-refractivity contribution is -0.106. The standard InChI is InChI=1S/C27H26Br2O6/c28-20-10-6-18(7-11-20)26(30)33-17-23(35-27(31)19-8-12-21(29)13-9-19)15-14-22-3-1-4-24-25(34-22)5-2-16-32-24/h1,3,6-15,22-25H,2,4-5,16-17H2/b15-14+/t22-,23+,24+,25-/m0/s1. The summed E-state index contributed by atoms with van der Waals surface area (Å²) in [6.45, 7) is 0.635. The molecule has 8 heteroatoms. The second kappa shape index (κ2) is 12.6. The molecule has 4 atom stereocenters. The fraction of sp³-hybridized carbons (Fsp3) is 0.333. The first-order valence-corrected chi connectivity index (χ1v) is 13.1. The molecule has 0 saturated carbocycles. The molecule has 1 fully saturated rings. The van der Waals surface area contributed by atoms with Gasteiger partial charge in [0.25, 0.3) is 0 Å². The summed E-state index contributed by atoms with van der Waals surface area (Å²) < 4.78 is 24.9. The van der Waals surface area contributed by atoms with E-state index in [0.29, 0.717) is 11.1 Å². The molecule has 2 heterocycles. The highest BCUT2D eigenvalue weighted by atomic mass is 79.9. The third-order valence-corrected chi connectivity index (χ3v) is 6.78. The minimum absolute atomic E-state index is 0.0207. The van der Waals surface area contributed by atoms with E-state index >= 15 is 0 Å². The zero-order valence-corrected chi connectivity index (χ0v) is 22.2. The van der Waals surface area contributed by atoms with Crippen LogP contribution in [0.3, 0.4) is 0 Å². The summed E-state index contributed by atoms with van der Waals surface area (Å²) in [6.07, 6.45) is 9.31. The van der Waals surface area contributed by atoms with E-state index in [1.165, 1.54) is 0 Å². The summed E-state index contributed by atoms with van der Waals surface area (Å²) in [5, 5.41) is 0. The SMILES string of the molecule is O=C(OC[C@@H](/C=C/[C@@H]1C=CC[C@H]2OCCC[C@@H]2O1)OC(=O)c1ccc(Br)cc1)c1ccc(Br)cc1. The molecule has 0 aromatic heterocycles. The molecule has 0 radical (unpaired) electrons. The highest BCUT2D eigenvalue weighted by Gasteiger charge is 2.29. The van der Waals surface area contributed by atoms with Crippen LogP contribution in [-0.2, 0) is 18.9 Å². The third kappa shape index (κ3) is 7.61. The molecule has 0 amide bonds. The molecule has 184 valence electrons. The van der Waals surface area contributed by atoms with Crippen LogP contribution in [0.4, 0.5) is 0 Å². The number of carbonyl (C=O) groups is 2. The van der Waals surface area contributed by atoms with E-state index in [1.54, 1.807) is 54.6 Å². The Morgan fingerprint density at radius 2 is 1.63 bits per heavy atom. The summed E-state index contributed by atoms with van der Waals surface area (Å²) in [4.78, 5) is 25.2. The number of halogens is 2. The molecule has 0 aliphatic carbocycles. The van der Waals surface area contributed by atoms with E-state index in [2.05, 4.69) is 37.9 Å². The Bertz CT molecular complexity index is 1060. The molecule has 0 unspecified atom stereocenters. The number of ether oxygens (including phenoxy) is 4. The highest BCUT2D eigenvalue weighted by molar-refractivity contribution is 9.10. The number of benzene rings is 2. The van der Waals surface area contributed by atoms with Crippen LogP contribution < -0.4 is 0 Å². The average Bonchev–Trinajstić information content (AvgIpc) is 3.08. The minimum Gasteiger partial charge on any atom is -0.458 e. The van der Waals surface area contributed by atoms with E-state index in [0.717, 1.165) is 34.8 Å². The minimum atomic E-state index is -0.788. The summed E-state index contributed by atoms with van der Waals surface area (Å²) in [7, 11) is 0. The Morgan fingerprint density at radius 3 is 2.31 bits per heavy atom. The Kier molecular flexibility index (Phi) is 9.31. The smallest absolute Gasteiger partial charge is 0.338 e. The van der Waals surface area contributed by atoms with Gasteiger partial charge in [-0.05, 0) is 73.9 Å². The van der Waals surface area contributed by atoms with Crippen LogP contribution in [0.5, 0.6) is 0 Å². The van der Waals surface area contributed by atoms with Crippen LogP contribution in [0.1, 0.15) is 40.0 Å². The maximum absolute atomic E-state index is 12.7. The molecule has 0 bridgehead atoms. The van der Waals surface area contributed by atoms with Gasteiger partial charge in [0.15, 0.2) is 6.10 Å². The van der Waals surface area contributed by atoms with Crippen molar-refractivity contribution in [3.05, 3.63) is 92.9 Å². The average molecular weight is 606 g/mol. The molecule has 2 aromatic carbocycles. The lowest BCUT2D eigenvalue weighted by Gasteiger charge is -2.31. The first-order valence-electron chi connectivity index (χ1n) is 11.5. The van der Waals surface area contributed by atoms with Crippen molar-refractivity contribution < 1.29 is 28.5 Å². The number of rotatable bonds is 7. The van der Waals surface area contributed by atoms with Gasteiger partial charge in [-0.25, -0.2) is 9.59 Å². The first kappa shape index (κ1) is 25.8. The van der Waals surface area contributed by atoms with Gasteiger partial charge in [0, 0.05) is 15.6 Å². The quantitative estimate of drug-likeness (QED) is 0.283. The van der Waals surface area contributed by atoms with E-state index in [4.69, 9.17) is 18.9 Å². The summed E-state index contributed by atoms with van der Waals surface area (Å²) in [5.41, 5.74) is 0.812. The fourth-order valence-corrected chi connectivity index (χ4v) is 4.40. The summed E-state index contributed by atoms with van der Waals surface area (Å²) in [6, 6.07) is 13.7. The predicted molar refractivity (Wildman–Crippen MR) is 138 cm³/mol. The maximum Gasteiger partial charge on any atom is 0.338 e. The van der Waals surface area contributed by atoms with Gasteiger partial charge in [-0.1, -0.05) is 50.1 Å². The molecule has 1 saturated heterocycles. The van der Waals surface area contributed by atoms with Crippen LogP contribution in [0.15, 0.2) is 81.8 Å². The Morgan fingerprint density at radius 1 is 0.971 bits per heavy atom. The summed E-state index contributed by atoms with van der Waals surface area (Å²) in [5.74, 6) is -1.01. The Hall–Kier alpha value is -2.26. The van der Waals surface area contributed by atoms with Crippen LogP contribution in [0.25, 0.3) is 0 Å². The van der Waals surface area contributed by atoms with Gasteiger partial charge in [0.05, 0.1) is 29.4 Å². The predicted octanol–water partition coefficient (Wildman–Crippen LogP) is 6.04. The third-order valence-electron chi connectivity index (χ3n) is 5.72. The van der Waals surface area contributed by atoms with Crippen molar-refractivity contribution in [1.29, 1.82) is 0 Å². The summed E-state index contributed by atoms with van der Waals surface area (Å²) >= 11 is 6.71. The topological polar surface area (TPSA) is 71.1 Å². The second-order valence-corrected chi connectivity index (χ2v) is 10.1. The van der Waals surface area contributed by atoms with Crippen LogP contribution in [0.2, 0.25) is 0 Å². The van der Waals surface area contributed by atoms with Gasteiger partial charge in [0.1, 0.15) is 6.61 Å². The normalized spacial score (nSPS) is 22.7. The lowest BCUT2D eigenvalue weighted by atomic mass is 10.0. The van der Waals surface area contributed by atoms with Gasteiger partial charge in [-0.15, -0.1) is 0 Å². The molecule has 35 heavy (non-hydrogen) atoms.